The van der Waals surface area contributed by atoms with E-state index in [9.17, 15) is 9.18 Å². The van der Waals surface area contributed by atoms with Gasteiger partial charge >= 0.3 is 6.03 Å². The van der Waals surface area contributed by atoms with E-state index in [2.05, 4.69) is 10.3 Å². The minimum atomic E-state index is -0.554. The molecule has 0 saturated carbocycles. The van der Waals surface area contributed by atoms with Gasteiger partial charge in [0.2, 0.25) is 0 Å². The van der Waals surface area contributed by atoms with E-state index in [-0.39, 0.29) is 17.6 Å². The number of benzene rings is 1. The zero-order valence-corrected chi connectivity index (χ0v) is 18.3. The van der Waals surface area contributed by atoms with Crippen LogP contribution in [0.15, 0.2) is 24.4 Å². The molecule has 32 heavy (non-hydrogen) atoms. The maximum Gasteiger partial charge on any atom is 0.318 e. The Bertz CT molecular complexity index is 1020. The molecule has 0 aliphatic carbocycles. The number of hydrogen-bond donors (Lipinski definition) is 1. The molecule has 1 N–H and O–H groups in total. The number of urea groups is 1. The number of nitrogens with zero attached hydrogens (tertiary/aromatic N) is 4. The van der Waals surface area contributed by atoms with Gasteiger partial charge in [-0.15, -0.1) is 0 Å². The Morgan fingerprint density at radius 3 is 2.97 bits per heavy atom. The lowest BCUT2D eigenvalue weighted by Crippen LogP contribution is -2.44. The molecule has 2 amide bonds. The second-order valence-corrected chi connectivity index (χ2v) is 8.45. The molecule has 2 aliphatic heterocycles. The minimum Gasteiger partial charge on any atom is -0.381 e. The van der Waals surface area contributed by atoms with E-state index in [0.717, 1.165) is 55.1 Å². The van der Waals surface area contributed by atoms with E-state index >= 15 is 0 Å². The van der Waals surface area contributed by atoms with Crippen LogP contribution in [0.5, 0.6) is 0 Å². The van der Waals surface area contributed by atoms with Crippen molar-refractivity contribution in [3.63, 3.8) is 0 Å². The fraction of sp³-hybridized carbons (Fsp3) is 0.500. The second kappa shape index (κ2) is 10.0. The number of fused-ring (bicyclic) bond motifs is 1. The Kier molecular flexibility index (Phi) is 6.96. The van der Waals surface area contributed by atoms with Crippen LogP contribution in [-0.4, -0.2) is 40.7 Å². The lowest BCUT2D eigenvalue weighted by molar-refractivity contribution is 0.0659. The Morgan fingerprint density at radius 1 is 1.41 bits per heavy atom. The van der Waals surface area contributed by atoms with E-state index < -0.39 is 5.82 Å². The van der Waals surface area contributed by atoms with Gasteiger partial charge in [0.05, 0.1) is 23.8 Å². The summed E-state index contributed by atoms with van der Waals surface area (Å²) in [5.41, 5.74) is 2.70. The van der Waals surface area contributed by atoms with Crippen molar-refractivity contribution < 1.29 is 13.9 Å². The standard InChI is InChI=1S/C24H28FN5O2/c1-2-21(17-3-4-20(25)19(12-17)13-26)29-24(31)30-8-5-18-14-27-23(28-22(18)15-30)11-16-6-9-32-10-7-16/h3-4,12,14,16,21H,2,5-11,15H2,1H3,(H,29,31). The van der Waals surface area contributed by atoms with Crippen molar-refractivity contribution in [1.29, 1.82) is 5.26 Å². The molecule has 1 aromatic carbocycles. The summed E-state index contributed by atoms with van der Waals surface area (Å²) in [4.78, 5) is 24.1. The molecular formula is C24H28FN5O2. The summed E-state index contributed by atoms with van der Waals surface area (Å²) in [6, 6.07) is 5.77. The molecular weight excluding hydrogens is 409 g/mol. The summed E-state index contributed by atoms with van der Waals surface area (Å²) in [5.74, 6) is 0.824. The number of amides is 2. The number of aromatic nitrogens is 2. The maximum absolute atomic E-state index is 13.7. The fourth-order valence-electron chi connectivity index (χ4n) is 4.33. The van der Waals surface area contributed by atoms with Gasteiger partial charge in [0.15, 0.2) is 0 Å². The van der Waals surface area contributed by atoms with E-state index in [1.54, 1.807) is 11.0 Å². The first-order chi connectivity index (χ1) is 15.6. The molecule has 4 rings (SSSR count). The number of nitriles is 1. The van der Waals surface area contributed by atoms with Crippen molar-refractivity contribution in [1.82, 2.24) is 20.2 Å². The number of ether oxygens (including phenoxy) is 1. The predicted molar refractivity (Wildman–Crippen MR) is 116 cm³/mol. The van der Waals surface area contributed by atoms with Crippen molar-refractivity contribution in [2.75, 3.05) is 19.8 Å². The molecule has 1 unspecified atom stereocenters. The minimum absolute atomic E-state index is 0.0177. The van der Waals surface area contributed by atoms with Crippen LogP contribution in [0, 0.1) is 23.1 Å². The molecule has 3 heterocycles. The van der Waals surface area contributed by atoms with Crippen LogP contribution >= 0.6 is 0 Å². The molecule has 0 spiro atoms. The summed E-state index contributed by atoms with van der Waals surface area (Å²) in [5, 5.41) is 12.1. The first-order valence-corrected chi connectivity index (χ1v) is 11.2. The molecule has 0 bridgehead atoms. The van der Waals surface area contributed by atoms with Gasteiger partial charge in [-0.25, -0.2) is 19.2 Å². The first-order valence-electron chi connectivity index (χ1n) is 11.2. The van der Waals surface area contributed by atoms with Crippen molar-refractivity contribution in [3.05, 3.63) is 58.4 Å². The third kappa shape index (κ3) is 5.05. The highest BCUT2D eigenvalue weighted by atomic mass is 19.1. The van der Waals surface area contributed by atoms with Crippen molar-refractivity contribution >= 4 is 6.03 Å². The van der Waals surface area contributed by atoms with Gasteiger partial charge in [0, 0.05) is 32.4 Å². The molecule has 8 heteroatoms. The van der Waals surface area contributed by atoms with Crippen LogP contribution in [0.4, 0.5) is 9.18 Å². The zero-order chi connectivity index (χ0) is 22.5. The first kappa shape index (κ1) is 22.2. The van der Waals surface area contributed by atoms with Crippen LogP contribution < -0.4 is 5.32 Å². The predicted octanol–water partition coefficient (Wildman–Crippen LogP) is 3.68. The lowest BCUT2D eigenvalue weighted by atomic mass is 9.96. The van der Waals surface area contributed by atoms with Gasteiger partial charge in [0.25, 0.3) is 0 Å². The Labute approximate surface area is 187 Å². The van der Waals surface area contributed by atoms with Gasteiger partial charge < -0.3 is 15.0 Å². The zero-order valence-electron chi connectivity index (χ0n) is 18.3. The summed E-state index contributed by atoms with van der Waals surface area (Å²) >= 11 is 0. The number of halogens is 1. The smallest absolute Gasteiger partial charge is 0.318 e. The van der Waals surface area contributed by atoms with Crippen LogP contribution in [0.3, 0.4) is 0 Å². The van der Waals surface area contributed by atoms with Crippen LogP contribution in [0.2, 0.25) is 0 Å². The van der Waals surface area contributed by atoms with Crippen LogP contribution in [0.25, 0.3) is 0 Å². The highest BCUT2D eigenvalue weighted by Gasteiger charge is 2.25. The van der Waals surface area contributed by atoms with E-state index in [1.807, 2.05) is 19.2 Å². The van der Waals surface area contributed by atoms with Gasteiger partial charge in [-0.1, -0.05) is 13.0 Å². The average molecular weight is 438 g/mol. The van der Waals surface area contributed by atoms with Crippen LogP contribution in [0.1, 0.15) is 60.4 Å². The van der Waals surface area contributed by atoms with E-state index in [4.69, 9.17) is 15.0 Å². The maximum atomic E-state index is 13.7. The highest BCUT2D eigenvalue weighted by molar-refractivity contribution is 5.75. The van der Waals surface area contributed by atoms with E-state index in [0.29, 0.717) is 31.8 Å². The summed E-state index contributed by atoms with van der Waals surface area (Å²) < 4.78 is 19.1. The normalized spacial score (nSPS) is 17.3. The van der Waals surface area contributed by atoms with Gasteiger partial charge in [0.1, 0.15) is 17.7 Å². The largest absolute Gasteiger partial charge is 0.381 e. The number of hydrogen-bond acceptors (Lipinski definition) is 5. The molecule has 7 nitrogen and oxygen atoms in total. The quantitative estimate of drug-likeness (QED) is 0.771. The van der Waals surface area contributed by atoms with Gasteiger partial charge in [-0.3, -0.25) is 0 Å². The average Bonchev–Trinajstić information content (AvgIpc) is 2.83. The third-order valence-electron chi connectivity index (χ3n) is 6.31. The van der Waals surface area contributed by atoms with Crippen molar-refractivity contribution in [2.24, 2.45) is 5.92 Å². The number of carbonyl (C=O) groups excluding carboxylic acids is 1. The molecule has 2 aliphatic rings. The van der Waals surface area contributed by atoms with E-state index in [1.165, 1.54) is 12.1 Å². The monoisotopic (exact) mass is 437 g/mol. The third-order valence-corrected chi connectivity index (χ3v) is 6.31. The SMILES string of the molecule is CCC(NC(=O)N1CCc2cnc(CC3CCOCC3)nc2C1)c1ccc(F)c(C#N)c1. The van der Waals surface area contributed by atoms with Gasteiger partial charge in [-0.2, -0.15) is 5.26 Å². The van der Waals surface area contributed by atoms with Gasteiger partial charge in [-0.05, 0) is 54.9 Å². The molecule has 1 atom stereocenters. The second-order valence-electron chi connectivity index (χ2n) is 8.45. The van der Waals surface area contributed by atoms with Crippen molar-refractivity contribution in [2.45, 2.75) is 51.6 Å². The summed E-state index contributed by atoms with van der Waals surface area (Å²) in [6.45, 7) is 4.57. The summed E-state index contributed by atoms with van der Waals surface area (Å²) in [6.07, 6.45) is 6.15. The molecule has 1 aromatic heterocycles. The molecule has 1 saturated heterocycles. The van der Waals surface area contributed by atoms with Crippen LogP contribution in [-0.2, 0) is 24.1 Å². The number of nitrogens with one attached hydrogen (secondary N) is 1. The number of carbonyl (C=O) groups is 1. The van der Waals surface area contributed by atoms with Crippen molar-refractivity contribution in [3.8, 4) is 6.07 Å². The molecule has 168 valence electrons. The summed E-state index contributed by atoms with van der Waals surface area (Å²) in [7, 11) is 0. The fourth-order valence-corrected chi connectivity index (χ4v) is 4.33. The molecule has 1 fully saturated rings. The Morgan fingerprint density at radius 2 is 2.22 bits per heavy atom. The Hall–Kier alpha value is -3.05. The lowest BCUT2D eigenvalue weighted by Gasteiger charge is -2.30. The molecule has 2 aromatic rings. The molecule has 0 radical (unpaired) electrons. The number of rotatable bonds is 5. The Balaban J connectivity index is 1.42. The topological polar surface area (TPSA) is 91.1 Å². The highest BCUT2D eigenvalue weighted by Crippen LogP contribution is 2.23.